The van der Waals surface area contributed by atoms with Gasteiger partial charge in [0.2, 0.25) is 6.35 Å². The SMILES string of the molecule is Cc1ccc(OC2Nc3cc(Cl)c(-c4ccsc4)nc3N2)cc1C(=O)O. The highest BCUT2D eigenvalue weighted by Gasteiger charge is 2.25. The number of halogens is 1. The first-order valence-corrected chi connectivity index (χ1v) is 9.10. The summed E-state index contributed by atoms with van der Waals surface area (Å²) < 4.78 is 5.81. The number of thiophene rings is 1. The van der Waals surface area contributed by atoms with E-state index in [0.29, 0.717) is 27.8 Å². The number of nitrogens with one attached hydrogen (secondary N) is 2. The molecule has 0 amide bonds. The zero-order chi connectivity index (χ0) is 18.3. The van der Waals surface area contributed by atoms with Gasteiger partial charge in [-0.1, -0.05) is 17.7 Å². The molecule has 3 aromatic rings. The third-order valence-electron chi connectivity index (χ3n) is 4.02. The Labute approximate surface area is 158 Å². The van der Waals surface area contributed by atoms with Crippen LogP contribution in [0.5, 0.6) is 5.75 Å². The van der Waals surface area contributed by atoms with Crippen LogP contribution >= 0.6 is 22.9 Å². The average molecular weight is 388 g/mol. The van der Waals surface area contributed by atoms with E-state index in [1.54, 1.807) is 36.5 Å². The molecule has 1 aromatic carbocycles. The van der Waals surface area contributed by atoms with Crippen LogP contribution in [0.1, 0.15) is 15.9 Å². The Morgan fingerprint density at radius 2 is 2.15 bits per heavy atom. The highest BCUT2D eigenvalue weighted by molar-refractivity contribution is 7.08. The number of hydrogen-bond acceptors (Lipinski definition) is 6. The minimum Gasteiger partial charge on any atom is -0.478 e. The Bertz CT molecular complexity index is 992. The number of ether oxygens (including phenoxy) is 1. The fourth-order valence-corrected chi connectivity index (χ4v) is 3.61. The molecule has 2 aromatic heterocycles. The maximum atomic E-state index is 11.3. The van der Waals surface area contributed by atoms with Crippen LogP contribution in [0.3, 0.4) is 0 Å². The largest absolute Gasteiger partial charge is 0.478 e. The van der Waals surface area contributed by atoms with E-state index >= 15 is 0 Å². The summed E-state index contributed by atoms with van der Waals surface area (Å²) in [5.74, 6) is 0.0820. The van der Waals surface area contributed by atoms with E-state index in [1.165, 1.54) is 6.07 Å². The van der Waals surface area contributed by atoms with Crippen molar-refractivity contribution in [1.29, 1.82) is 0 Å². The molecule has 0 saturated heterocycles. The number of benzene rings is 1. The van der Waals surface area contributed by atoms with Crippen LogP contribution in [0.4, 0.5) is 11.5 Å². The molecule has 1 aliphatic heterocycles. The van der Waals surface area contributed by atoms with Gasteiger partial charge in [0.25, 0.3) is 0 Å². The van der Waals surface area contributed by atoms with Gasteiger partial charge < -0.3 is 20.5 Å². The van der Waals surface area contributed by atoms with Crippen molar-refractivity contribution in [1.82, 2.24) is 4.98 Å². The summed E-state index contributed by atoms with van der Waals surface area (Å²) in [6, 6.07) is 8.70. The minimum atomic E-state index is -0.988. The van der Waals surface area contributed by atoms with Crippen molar-refractivity contribution in [2.24, 2.45) is 0 Å². The molecule has 1 aliphatic rings. The number of nitrogens with zero attached hydrogens (tertiary/aromatic N) is 1. The number of aromatic carboxylic acids is 1. The lowest BCUT2D eigenvalue weighted by molar-refractivity contribution is 0.0695. The number of carboxylic acids is 1. The van der Waals surface area contributed by atoms with E-state index < -0.39 is 12.3 Å². The lowest BCUT2D eigenvalue weighted by Crippen LogP contribution is -2.29. The number of aryl methyl sites for hydroxylation is 1. The normalized spacial score (nSPS) is 15.1. The second-order valence-corrected chi connectivity index (χ2v) is 6.98. The molecule has 6 nitrogen and oxygen atoms in total. The first-order valence-electron chi connectivity index (χ1n) is 7.78. The molecule has 4 rings (SSSR count). The smallest absolute Gasteiger partial charge is 0.336 e. The molecule has 132 valence electrons. The highest BCUT2D eigenvalue weighted by atomic mass is 35.5. The zero-order valence-electron chi connectivity index (χ0n) is 13.6. The number of rotatable bonds is 4. The molecule has 26 heavy (non-hydrogen) atoms. The molecule has 0 saturated carbocycles. The van der Waals surface area contributed by atoms with Gasteiger partial charge in [0.1, 0.15) is 5.75 Å². The molecule has 0 fully saturated rings. The summed E-state index contributed by atoms with van der Waals surface area (Å²) in [6.45, 7) is 1.74. The minimum absolute atomic E-state index is 0.207. The van der Waals surface area contributed by atoms with Crippen molar-refractivity contribution in [2.75, 3.05) is 10.6 Å². The lowest BCUT2D eigenvalue weighted by atomic mass is 10.1. The molecule has 3 N–H and O–H groups in total. The van der Waals surface area contributed by atoms with Gasteiger partial charge in [0.15, 0.2) is 5.82 Å². The number of aromatic nitrogens is 1. The lowest BCUT2D eigenvalue weighted by Gasteiger charge is -2.15. The van der Waals surface area contributed by atoms with Crippen molar-refractivity contribution in [3.8, 4) is 17.0 Å². The topological polar surface area (TPSA) is 83.5 Å². The number of carboxylic acid groups (broad SMARTS) is 1. The maximum Gasteiger partial charge on any atom is 0.336 e. The predicted octanol–water partition coefficient (Wildman–Crippen LogP) is 4.67. The third kappa shape index (κ3) is 3.07. The molecule has 0 aliphatic carbocycles. The van der Waals surface area contributed by atoms with E-state index in [1.807, 2.05) is 16.8 Å². The van der Waals surface area contributed by atoms with Crippen LogP contribution in [0.2, 0.25) is 5.02 Å². The van der Waals surface area contributed by atoms with Crippen LogP contribution in [0.15, 0.2) is 41.1 Å². The number of pyridine rings is 1. The van der Waals surface area contributed by atoms with E-state index in [9.17, 15) is 9.90 Å². The fourth-order valence-electron chi connectivity index (χ4n) is 2.71. The van der Waals surface area contributed by atoms with Crippen molar-refractivity contribution in [3.63, 3.8) is 0 Å². The monoisotopic (exact) mass is 387 g/mol. The van der Waals surface area contributed by atoms with Gasteiger partial charge in [-0.05, 0) is 42.1 Å². The summed E-state index contributed by atoms with van der Waals surface area (Å²) in [6.07, 6.45) is -0.573. The Morgan fingerprint density at radius 1 is 1.31 bits per heavy atom. The van der Waals surface area contributed by atoms with E-state index in [0.717, 1.165) is 11.3 Å². The van der Waals surface area contributed by atoms with Crippen molar-refractivity contribution in [2.45, 2.75) is 13.3 Å². The zero-order valence-corrected chi connectivity index (χ0v) is 15.2. The van der Waals surface area contributed by atoms with Gasteiger partial charge >= 0.3 is 5.97 Å². The van der Waals surface area contributed by atoms with Crippen molar-refractivity contribution in [3.05, 3.63) is 57.2 Å². The Kier molecular flexibility index (Phi) is 4.18. The van der Waals surface area contributed by atoms with Crippen LogP contribution < -0.4 is 15.4 Å². The number of carbonyl (C=O) groups is 1. The van der Waals surface area contributed by atoms with Gasteiger partial charge in [-0.2, -0.15) is 11.3 Å². The first kappa shape index (κ1) is 16.7. The van der Waals surface area contributed by atoms with Gasteiger partial charge in [0, 0.05) is 10.9 Å². The standard InChI is InChI=1S/C18H14ClN3O3S/c1-9-2-3-11(6-12(9)17(23)24)25-18-20-14-7-13(19)15(21-16(14)22-18)10-4-5-26-8-10/h2-8,18,20H,1H3,(H,21,22)(H,23,24). The number of anilines is 2. The predicted molar refractivity (Wildman–Crippen MR) is 102 cm³/mol. The molecule has 1 unspecified atom stereocenters. The number of fused-ring (bicyclic) bond motifs is 1. The van der Waals surface area contributed by atoms with Crippen LogP contribution in [-0.4, -0.2) is 22.4 Å². The van der Waals surface area contributed by atoms with Crippen molar-refractivity contribution < 1.29 is 14.6 Å². The van der Waals surface area contributed by atoms with Gasteiger partial charge in [-0.3, -0.25) is 0 Å². The molecule has 0 bridgehead atoms. The number of hydrogen-bond donors (Lipinski definition) is 3. The molecule has 1 atom stereocenters. The van der Waals surface area contributed by atoms with E-state index in [2.05, 4.69) is 15.6 Å². The van der Waals surface area contributed by atoms with Crippen LogP contribution in [-0.2, 0) is 0 Å². The molecule has 8 heteroatoms. The average Bonchev–Trinajstić information content (AvgIpc) is 3.24. The van der Waals surface area contributed by atoms with Gasteiger partial charge in [-0.25, -0.2) is 9.78 Å². The molecular formula is C18H14ClN3O3S. The summed E-state index contributed by atoms with van der Waals surface area (Å²) in [5.41, 5.74) is 3.27. The first-order chi connectivity index (χ1) is 12.5. The molecule has 3 heterocycles. The summed E-state index contributed by atoms with van der Waals surface area (Å²) in [7, 11) is 0. The van der Waals surface area contributed by atoms with E-state index in [4.69, 9.17) is 16.3 Å². The fraction of sp³-hybridized carbons (Fsp3) is 0.111. The van der Waals surface area contributed by atoms with Gasteiger partial charge in [-0.15, -0.1) is 0 Å². The Morgan fingerprint density at radius 3 is 2.88 bits per heavy atom. The summed E-state index contributed by atoms with van der Waals surface area (Å²) in [5, 5.41) is 20.0. The van der Waals surface area contributed by atoms with Gasteiger partial charge in [0.05, 0.1) is 22.0 Å². The summed E-state index contributed by atoms with van der Waals surface area (Å²) >= 11 is 7.92. The van der Waals surface area contributed by atoms with Crippen molar-refractivity contribution >= 4 is 40.4 Å². The Hall–Kier alpha value is -2.77. The third-order valence-corrected chi connectivity index (χ3v) is 4.99. The summed E-state index contributed by atoms with van der Waals surface area (Å²) in [4.78, 5) is 15.8. The molecular weight excluding hydrogens is 374 g/mol. The second kappa shape index (κ2) is 6.51. The molecule has 0 radical (unpaired) electrons. The van der Waals surface area contributed by atoms with E-state index in [-0.39, 0.29) is 5.56 Å². The quantitative estimate of drug-likeness (QED) is 0.603. The van der Waals surface area contributed by atoms with Crippen LogP contribution in [0.25, 0.3) is 11.3 Å². The Balaban J connectivity index is 1.56. The second-order valence-electron chi connectivity index (χ2n) is 5.80. The maximum absolute atomic E-state index is 11.3. The molecule has 0 spiro atoms. The highest BCUT2D eigenvalue weighted by Crippen LogP contribution is 2.36. The van der Waals surface area contributed by atoms with Crippen LogP contribution in [0, 0.1) is 6.92 Å².